The van der Waals surface area contributed by atoms with Gasteiger partial charge in [-0.1, -0.05) is 131 Å². The zero-order valence-electron chi connectivity index (χ0n) is 21.0. The Morgan fingerprint density at radius 1 is 0.513 bits per heavy atom. The molecule has 6 aromatic carbocycles. The predicted molar refractivity (Wildman–Crippen MR) is 165 cm³/mol. The Labute approximate surface area is 235 Å². The zero-order valence-corrected chi connectivity index (χ0v) is 22.6. The van der Waals surface area contributed by atoms with Gasteiger partial charge in [0.25, 0.3) is 0 Å². The first-order valence-corrected chi connectivity index (χ1v) is 14.2. The molecule has 2 aliphatic rings. The van der Waals surface area contributed by atoms with Crippen molar-refractivity contribution in [1.82, 2.24) is 4.57 Å². The molecular formula is C37H22BrN. The van der Waals surface area contributed by atoms with E-state index in [-0.39, 0.29) is 0 Å². The summed E-state index contributed by atoms with van der Waals surface area (Å²) in [5, 5.41) is 2.59. The van der Waals surface area contributed by atoms with Crippen molar-refractivity contribution in [3.8, 4) is 27.9 Å². The molecule has 0 N–H and O–H groups in total. The van der Waals surface area contributed by atoms with Crippen LogP contribution in [0.5, 0.6) is 0 Å². The van der Waals surface area contributed by atoms with Gasteiger partial charge in [0.1, 0.15) is 0 Å². The van der Waals surface area contributed by atoms with Crippen LogP contribution in [0.25, 0.3) is 49.7 Å². The van der Waals surface area contributed by atoms with Gasteiger partial charge in [-0.2, -0.15) is 0 Å². The quantitative estimate of drug-likeness (QED) is 0.198. The molecule has 2 heterocycles. The first-order chi connectivity index (χ1) is 19.3. The molecule has 0 unspecified atom stereocenters. The molecule has 1 aliphatic heterocycles. The summed E-state index contributed by atoms with van der Waals surface area (Å²) >= 11 is 4.09. The van der Waals surface area contributed by atoms with Gasteiger partial charge in [-0.15, -0.1) is 0 Å². The SMILES string of the molecule is Brc1ccc2c3c1C(c1ccccc1)(c1ccccc1)c1ccc4c5ccccc5n(c4c1-3)-c1ccccc1-2. The first-order valence-electron chi connectivity index (χ1n) is 13.4. The maximum atomic E-state index is 4.09. The number of para-hydroxylation sites is 2. The molecule has 1 aliphatic carbocycles. The van der Waals surface area contributed by atoms with Gasteiger partial charge in [-0.3, -0.25) is 0 Å². The van der Waals surface area contributed by atoms with Gasteiger partial charge in [-0.25, -0.2) is 0 Å². The van der Waals surface area contributed by atoms with E-state index in [1.165, 1.54) is 72.0 Å². The van der Waals surface area contributed by atoms with E-state index in [1.54, 1.807) is 0 Å². The van der Waals surface area contributed by atoms with Crippen molar-refractivity contribution in [2.75, 3.05) is 0 Å². The third kappa shape index (κ3) is 2.51. The molecule has 0 saturated carbocycles. The van der Waals surface area contributed by atoms with Crippen LogP contribution in [0.15, 0.2) is 138 Å². The minimum Gasteiger partial charge on any atom is -0.308 e. The smallest absolute Gasteiger partial charge is 0.0725 e. The van der Waals surface area contributed by atoms with Crippen molar-refractivity contribution in [1.29, 1.82) is 0 Å². The fourth-order valence-corrected chi connectivity index (χ4v) is 8.10. The summed E-state index contributed by atoms with van der Waals surface area (Å²) < 4.78 is 3.66. The lowest BCUT2D eigenvalue weighted by atomic mass is 9.67. The summed E-state index contributed by atoms with van der Waals surface area (Å²) in [5.41, 5.74) is 13.8. The summed E-state index contributed by atoms with van der Waals surface area (Å²) in [7, 11) is 0. The van der Waals surface area contributed by atoms with Crippen LogP contribution in [-0.4, -0.2) is 4.57 Å². The molecule has 2 heteroatoms. The highest BCUT2D eigenvalue weighted by molar-refractivity contribution is 9.10. The molecular weight excluding hydrogens is 538 g/mol. The summed E-state index contributed by atoms with van der Waals surface area (Å²) in [6.45, 7) is 0. The lowest BCUT2D eigenvalue weighted by Crippen LogP contribution is -2.29. The highest BCUT2D eigenvalue weighted by atomic mass is 79.9. The van der Waals surface area contributed by atoms with Crippen molar-refractivity contribution in [2.45, 2.75) is 5.41 Å². The van der Waals surface area contributed by atoms with E-state index in [2.05, 4.69) is 154 Å². The van der Waals surface area contributed by atoms with Crippen molar-refractivity contribution >= 4 is 37.7 Å². The van der Waals surface area contributed by atoms with Crippen molar-refractivity contribution in [2.24, 2.45) is 0 Å². The number of nitrogens with zero attached hydrogens (tertiary/aromatic N) is 1. The van der Waals surface area contributed by atoms with Crippen LogP contribution in [0.3, 0.4) is 0 Å². The second-order valence-electron chi connectivity index (χ2n) is 10.6. The number of benzene rings is 6. The Hall–Kier alpha value is -4.40. The number of aromatic nitrogens is 1. The highest BCUT2D eigenvalue weighted by Gasteiger charge is 2.50. The molecule has 0 atom stereocenters. The van der Waals surface area contributed by atoms with E-state index in [0.29, 0.717) is 0 Å². The second kappa shape index (κ2) is 7.59. The lowest BCUT2D eigenvalue weighted by molar-refractivity contribution is 0.765. The predicted octanol–water partition coefficient (Wildman–Crippen LogP) is 9.89. The minimum absolute atomic E-state index is 0.455. The van der Waals surface area contributed by atoms with Crippen molar-refractivity contribution in [3.05, 3.63) is 160 Å². The molecule has 1 aromatic heterocycles. The largest absolute Gasteiger partial charge is 0.308 e. The lowest BCUT2D eigenvalue weighted by Gasteiger charge is -2.35. The average molecular weight is 560 g/mol. The number of hydrogen-bond donors (Lipinski definition) is 0. The standard InChI is InChI=1S/C37H22BrN/c38-30-22-20-27-25-15-7-9-17-31(25)39-32-18-10-8-16-26(32)28-19-21-29-34(36(28)39)33(27)35(30)37(29,23-11-3-1-4-12-23)24-13-5-2-6-14-24/h1-22H. The Morgan fingerprint density at radius 3 is 1.95 bits per heavy atom. The van der Waals surface area contributed by atoms with Crippen molar-refractivity contribution in [3.63, 3.8) is 0 Å². The van der Waals surface area contributed by atoms with Crippen molar-refractivity contribution < 1.29 is 0 Å². The maximum absolute atomic E-state index is 4.09. The fraction of sp³-hybridized carbons (Fsp3) is 0.0270. The van der Waals surface area contributed by atoms with Crippen LogP contribution >= 0.6 is 15.9 Å². The van der Waals surface area contributed by atoms with Gasteiger partial charge >= 0.3 is 0 Å². The third-order valence-electron chi connectivity index (χ3n) is 8.87. The zero-order chi connectivity index (χ0) is 25.7. The van der Waals surface area contributed by atoms with E-state index >= 15 is 0 Å². The maximum Gasteiger partial charge on any atom is 0.0725 e. The molecule has 0 spiro atoms. The molecule has 182 valence electrons. The summed E-state index contributed by atoms with van der Waals surface area (Å²) in [4.78, 5) is 0. The fourth-order valence-electron chi connectivity index (χ4n) is 7.48. The molecule has 9 rings (SSSR count). The summed E-state index contributed by atoms with van der Waals surface area (Å²) in [5.74, 6) is 0. The average Bonchev–Trinajstić information content (AvgIpc) is 3.46. The van der Waals surface area contributed by atoms with Gasteiger partial charge in [-0.05, 0) is 51.6 Å². The van der Waals surface area contributed by atoms with Gasteiger partial charge in [0.15, 0.2) is 0 Å². The molecule has 0 saturated heterocycles. The molecule has 39 heavy (non-hydrogen) atoms. The number of rotatable bonds is 2. The number of halogens is 1. The normalized spacial score (nSPS) is 14.0. The van der Waals surface area contributed by atoms with Crippen LogP contribution in [0.4, 0.5) is 0 Å². The topological polar surface area (TPSA) is 4.93 Å². The minimum atomic E-state index is -0.455. The summed E-state index contributed by atoms with van der Waals surface area (Å²) in [6.07, 6.45) is 0. The Balaban J connectivity index is 1.62. The van der Waals surface area contributed by atoms with Crippen LogP contribution in [0.2, 0.25) is 0 Å². The van der Waals surface area contributed by atoms with Gasteiger partial charge in [0.2, 0.25) is 0 Å². The molecule has 1 nitrogen and oxygen atoms in total. The monoisotopic (exact) mass is 559 g/mol. The van der Waals surface area contributed by atoms with Crippen LogP contribution in [-0.2, 0) is 5.41 Å². The molecule has 0 amide bonds. The molecule has 0 bridgehead atoms. The third-order valence-corrected chi connectivity index (χ3v) is 9.53. The van der Waals surface area contributed by atoms with Crippen LogP contribution in [0.1, 0.15) is 22.3 Å². The van der Waals surface area contributed by atoms with Crippen LogP contribution < -0.4 is 0 Å². The number of hydrogen-bond acceptors (Lipinski definition) is 0. The Kier molecular flexibility index (Phi) is 4.19. The van der Waals surface area contributed by atoms with E-state index in [9.17, 15) is 0 Å². The van der Waals surface area contributed by atoms with Crippen LogP contribution in [0, 0.1) is 0 Å². The molecule has 0 fully saturated rings. The second-order valence-corrected chi connectivity index (χ2v) is 11.4. The van der Waals surface area contributed by atoms with E-state index in [1.807, 2.05) is 0 Å². The molecule has 0 radical (unpaired) electrons. The summed E-state index contributed by atoms with van der Waals surface area (Å²) in [6, 6.07) is 49.2. The number of fused-ring (bicyclic) bond motifs is 6. The van der Waals surface area contributed by atoms with E-state index < -0.39 is 5.41 Å². The highest BCUT2D eigenvalue weighted by Crippen LogP contribution is 2.63. The van der Waals surface area contributed by atoms with E-state index in [0.717, 1.165) is 4.47 Å². The Bertz CT molecular complexity index is 2080. The van der Waals surface area contributed by atoms with Gasteiger partial charge in [0, 0.05) is 26.4 Å². The first kappa shape index (κ1) is 21.5. The Morgan fingerprint density at radius 2 is 1.18 bits per heavy atom. The molecule has 7 aromatic rings. The van der Waals surface area contributed by atoms with Gasteiger partial charge in [0.05, 0.1) is 22.1 Å². The van der Waals surface area contributed by atoms with E-state index in [4.69, 9.17) is 0 Å². The van der Waals surface area contributed by atoms with Gasteiger partial charge < -0.3 is 4.57 Å².